The van der Waals surface area contributed by atoms with Crippen LogP contribution in [0.4, 0.5) is 0 Å². The monoisotopic (exact) mass is 260 g/mol. The van der Waals surface area contributed by atoms with E-state index in [4.69, 9.17) is 5.11 Å². The van der Waals surface area contributed by atoms with Crippen LogP contribution in [0, 0.1) is 6.92 Å². The maximum atomic E-state index is 9.64. The first-order chi connectivity index (χ1) is 6.56. The zero-order chi connectivity index (χ0) is 10.7. The summed E-state index contributed by atoms with van der Waals surface area (Å²) < 4.78 is 0.921. The van der Waals surface area contributed by atoms with Crippen molar-refractivity contribution in [1.29, 1.82) is 0 Å². The lowest BCUT2D eigenvalue weighted by Crippen LogP contribution is -2.22. The lowest BCUT2D eigenvalue weighted by atomic mass is 10.00. The summed E-state index contributed by atoms with van der Waals surface area (Å²) in [4.78, 5) is 0. The number of aliphatic hydroxyl groups is 3. The van der Waals surface area contributed by atoms with Crippen LogP contribution in [0.25, 0.3) is 0 Å². The molecule has 1 rings (SSSR count). The summed E-state index contributed by atoms with van der Waals surface area (Å²) in [6, 6.07) is 5.36. The molecule has 0 fully saturated rings. The highest BCUT2D eigenvalue weighted by molar-refractivity contribution is 9.10. The van der Waals surface area contributed by atoms with Gasteiger partial charge in [0.05, 0.1) is 6.61 Å². The minimum absolute atomic E-state index is 0.448. The Morgan fingerprint density at radius 2 is 2.00 bits per heavy atom. The summed E-state index contributed by atoms with van der Waals surface area (Å²) >= 11 is 3.31. The van der Waals surface area contributed by atoms with Gasteiger partial charge in [-0.05, 0) is 30.2 Å². The fourth-order valence-electron chi connectivity index (χ4n) is 1.28. The van der Waals surface area contributed by atoms with Crippen LogP contribution < -0.4 is 0 Å². The summed E-state index contributed by atoms with van der Waals surface area (Å²) in [5.41, 5.74) is 1.51. The Bertz CT molecular complexity index is 314. The largest absolute Gasteiger partial charge is 0.394 e. The van der Waals surface area contributed by atoms with Crippen molar-refractivity contribution >= 4 is 15.9 Å². The molecule has 3 nitrogen and oxygen atoms in total. The van der Waals surface area contributed by atoms with E-state index in [2.05, 4.69) is 15.9 Å². The number of benzene rings is 1. The highest BCUT2D eigenvalue weighted by atomic mass is 79.9. The van der Waals surface area contributed by atoms with Crippen LogP contribution in [0.3, 0.4) is 0 Å². The third kappa shape index (κ3) is 2.54. The van der Waals surface area contributed by atoms with Crippen molar-refractivity contribution in [2.45, 2.75) is 19.1 Å². The van der Waals surface area contributed by atoms with Gasteiger partial charge in [0.2, 0.25) is 0 Å². The van der Waals surface area contributed by atoms with Crippen molar-refractivity contribution in [2.75, 3.05) is 6.61 Å². The molecule has 1 aromatic rings. The van der Waals surface area contributed by atoms with Gasteiger partial charge in [-0.2, -0.15) is 0 Å². The van der Waals surface area contributed by atoms with E-state index >= 15 is 0 Å². The Hall–Kier alpha value is -0.420. The second-order valence-electron chi connectivity index (χ2n) is 3.20. The van der Waals surface area contributed by atoms with Gasteiger partial charge < -0.3 is 15.3 Å². The topological polar surface area (TPSA) is 60.7 Å². The molecule has 78 valence electrons. The SMILES string of the molecule is Cc1cc(Br)ccc1C(O)C(O)CO. The van der Waals surface area contributed by atoms with E-state index in [1.165, 1.54) is 0 Å². The van der Waals surface area contributed by atoms with Crippen molar-refractivity contribution in [3.8, 4) is 0 Å². The number of halogens is 1. The standard InChI is InChI=1S/C10H13BrO3/c1-6-4-7(11)2-3-8(6)10(14)9(13)5-12/h2-4,9-10,12-14H,5H2,1H3. The molecule has 0 aliphatic heterocycles. The highest BCUT2D eigenvalue weighted by Crippen LogP contribution is 2.23. The summed E-state index contributed by atoms with van der Waals surface area (Å²) in [7, 11) is 0. The van der Waals surface area contributed by atoms with Crippen LogP contribution in [-0.4, -0.2) is 28.0 Å². The van der Waals surface area contributed by atoms with E-state index in [9.17, 15) is 10.2 Å². The van der Waals surface area contributed by atoms with Gasteiger partial charge in [-0.3, -0.25) is 0 Å². The highest BCUT2D eigenvalue weighted by Gasteiger charge is 2.18. The van der Waals surface area contributed by atoms with E-state index in [-0.39, 0.29) is 0 Å². The predicted molar refractivity (Wildman–Crippen MR) is 56.9 cm³/mol. The van der Waals surface area contributed by atoms with Crippen LogP contribution in [0.1, 0.15) is 17.2 Å². The molecule has 3 N–H and O–H groups in total. The maximum Gasteiger partial charge on any atom is 0.107 e. The molecule has 0 saturated carbocycles. The minimum Gasteiger partial charge on any atom is -0.394 e. The fraction of sp³-hybridized carbons (Fsp3) is 0.400. The number of hydrogen-bond donors (Lipinski definition) is 3. The molecular weight excluding hydrogens is 248 g/mol. The van der Waals surface area contributed by atoms with Crippen molar-refractivity contribution in [3.63, 3.8) is 0 Å². The number of hydrogen-bond acceptors (Lipinski definition) is 3. The molecule has 0 spiro atoms. The van der Waals surface area contributed by atoms with Crippen molar-refractivity contribution in [3.05, 3.63) is 33.8 Å². The second kappa shape index (κ2) is 4.89. The molecule has 0 amide bonds. The molecule has 2 atom stereocenters. The average molecular weight is 261 g/mol. The smallest absolute Gasteiger partial charge is 0.107 e. The number of aryl methyl sites for hydroxylation is 1. The number of rotatable bonds is 3. The van der Waals surface area contributed by atoms with Crippen LogP contribution >= 0.6 is 15.9 Å². The quantitative estimate of drug-likeness (QED) is 0.764. The molecule has 1 aromatic carbocycles. The Balaban J connectivity index is 2.95. The third-order valence-electron chi connectivity index (χ3n) is 2.10. The van der Waals surface area contributed by atoms with E-state index in [0.29, 0.717) is 5.56 Å². The van der Waals surface area contributed by atoms with Crippen molar-refractivity contribution in [2.24, 2.45) is 0 Å². The Kier molecular flexibility index (Phi) is 4.07. The number of aliphatic hydroxyl groups excluding tert-OH is 3. The Morgan fingerprint density at radius 1 is 1.36 bits per heavy atom. The van der Waals surface area contributed by atoms with Crippen LogP contribution in [0.5, 0.6) is 0 Å². The molecule has 2 unspecified atom stereocenters. The summed E-state index contributed by atoms with van der Waals surface area (Å²) in [6.45, 7) is 1.39. The van der Waals surface area contributed by atoms with Gasteiger partial charge in [-0.15, -0.1) is 0 Å². The molecule has 14 heavy (non-hydrogen) atoms. The Morgan fingerprint density at radius 3 is 2.50 bits per heavy atom. The molecule has 0 aliphatic carbocycles. The normalized spacial score (nSPS) is 15.2. The predicted octanol–water partition coefficient (Wildman–Crippen LogP) is 1.14. The van der Waals surface area contributed by atoms with E-state index in [1.807, 2.05) is 13.0 Å². The lowest BCUT2D eigenvalue weighted by Gasteiger charge is -2.18. The first-order valence-corrected chi connectivity index (χ1v) is 5.08. The first-order valence-electron chi connectivity index (χ1n) is 4.29. The summed E-state index contributed by atoms with van der Waals surface area (Å²) in [5, 5.41) is 27.6. The molecule has 0 aromatic heterocycles. The third-order valence-corrected chi connectivity index (χ3v) is 2.60. The molecule has 0 radical (unpaired) electrons. The van der Waals surface area contributed by atoms with Crippen LogP contribution in [0.2, 0.25) is 0 Å². The van der Waals surface area contributed by atoms with Gasteiger partial charge in [0.15, 0.2) is 0 Å². The van der Waals surface area contributed by atoms with Gasteiger partial charge in [0.25, 0.3) is 0 Å². The molecule has 0 aliphatic rings. The van der Waals surface area contributed by atoms with Crippen molar-refractivity contribution < 1.29 is 15.3 Å². The van der Waals surface area contributed by atoms with Crippen LogP contribution in [-0.2, 0) is 0 Å². The van der Waals surface area contributed by atoms with Gasteiger partial charge in [-0.25, -0.2) is 0 Å². The van der Waals surface area contributed by atoms with Gasteiger partial charge >= 0.3 is 0 Å². The summed E-state index contributed by atoms with van der Waals surface area (Å²) in [6.07, 6.45) is -2.16. The minimum atomic E-state index is -1.13. The van der Waals surface area contributed by atoms with Gasteiger partial charge in [-0.1, -0.05) is 22.0 Å². The second-order valence-corrected chi connectivity index (χ2v) is 4.11. The van der Waals surface area contributed by atoms with E-state index in [0.717, 1.165) is 10.0 Å². The van der Waals surface area contributed by atoms with E-state index in [1.54, 1.807) is 12.1 Å². The van der Waals surface area contributed by atoms with Gasteiger partial charge in [0, 0.05) is 4.47 Å². The first kappa shape index (κ1) is 11.7. The zero-order valence-corrected chi connectivity index (χ0v) is 9.40. The zero-order valence-electron chi connectivity index (χ0n) is 7.81. The fourth-order valence-corrected chi connectivity index (χ4v) is 1.75. The molecular formula is C10H13BrO3. The van der Waals surface area contributed by atoms with Crippen molar-refractivity contribution in [1.82, 2.24) is 0 Å². The maximum absolute atomic E-state index is 9.64. The summed E-state index contributed by atoms with van der Waals surface area (Å²) in [5.74, 6) is 0. The van der Waals surface area contributed by atoms with Gasteiger partial charge in [0.1, 0.15) is 12.2 Å². The van der Waals surface area contributed by atoms with E-state index < -0.39 is 18.8 Å². The molecule has 0 heterocycles. The lowest BCUT2D eigenvalue weighted by molar-refractivity contribution is -0.0155. The van der Waals surface area contributed by atoms with Crippen LogP contribution in [0.15, 0.2) is 22.7 Å². The molecule has 4 heteroatoms. The Labute approximate surface area is 91.1 Å². The average Bonchev–Trinajstić information content (AvgIpc) is 2.15. The molecule has 0 bridgehead atoms. The molecule has 0 saturated heterocycles.